The molecule has 2 heterocycles. The van der Waals surface area contributed by atoms with E-state index >= 15 is 0 Å². The lowest BCUT2D eigenvalue weighted by Crippen LogP contribution is -2.70. The second-order valence-electron chi connectivity index (χ2n) is 14.5. The molecule has 0 spiro atoms. The summed E-state index contributed by atoms with van der Waals surface area (Å²) in [6.07, 6.45) is 7.20. The maximum absolute atomic E-state index is 14.4. The molecule has 57 heavy (non-hydrogen) atoms. The summed E-state index contributed by atoms with van der Waals surface area (Å²) in [6, 6.07) is 10.0. The second-order valence-corrected chi connectivity index (χ2v) is 14.9. The first kappa shape index (κ1) is 42.1. The molecule has 3 N–H and O–H groups in total. The molecule has 6 unspecified atom stereocenters. The summed E-state index contributed by atoms with van der Waals surface area (Å²) in [6.45, 7) is 6.56. The number of nitrogens with zero attached hydrogens (tertiary/aromatic N) is 2. The van der Waals surface area contributed by atoms with Crippen molar-refractivity contribution in [3.8, 4) is 23.0 Å². The van der Waals surface area contributed by atoms with Gasteiger partial charge in [-0.2, -0.15) is 0 Å². The van der Waals surface area contributed by atoms with Crippen LogP contribution in [0.5, 0.6) is 23.0 Å². The molecule has 2 aromatic carbocycles. The highest BCUT2D eigenvalue weighted by atomic mass is 35.5. The van der Waals surface area contributed by atoms with E-state index in [0.717, 1.165) is 42.4 Å². The van der Waals surface area contributed by atoms with E-state index in [1.165, 1.54) is 7.11 Å². The van der Waals surface area contributed by atoms with Gasteiger partial charge in [-0.05, 0) is 85.9 Å². The number of amides is 2. The Morgan fingerprint density at radius 3 is 2.58 bits per heavy atom. The number of hydrogen-bond donors (Lipinski definition) is 3. The number of allylic oxidation sites excluding steroid dienone is 1. The molecule has 2 amide bonds. The number of carbonyl (C=O) groups is 2. The van der Waals surface area contributed by atoms with Crippen LogP contribution in [0.1, 0.15) is 68.9 Å². The number of carbonyl (C=O) groups excluding carboxylic acids is 2. The zero-order valence-electron chi connectivity index (χ0n) is 32.7. The number of unbranched alkanes of at least 4 members (excludes halogenated alkanes) is 2. The largest absolute Gasteiger partial charge is 0.459 e. The summed E-state index contributed by atoms with van der Waals surface area (Å²) >= 11 is 6.05. The van der Waals surface area contributed by atoms with Gasteiger partial charge in [0.05, 0.1) is 24.1 Å². The van der Waals surface area contributed by atoms with Crippen LogP contribution in [-0.2, 0) is 20.9 Å². The average molecular weight is 812 g/mol. The highest BCUT2D eigenvalue weighted by Crippen LogP contribution is 2.62. The Labute approximate surface area is 338 Å². The van der Waals surface area contributed by atoms with Crippen molar-refractivity contribution in [2.75, 3.05) is 52.8 Å². The van der Waals surface area contributed by atoms with Crippen LogP contribution in [0.4, 0.5) is 9.59 Å². The highest BCUT2D eigenvalue weighted by Gasteiger charge is 2.65. The van der Waals surface area contributed by atoms with Crippen LogP contribution in [0, 0.1) is 17.8 Å². The molecule has 14 nitrogen and oxygen atoms in total. The van der Waals surface area contributed by atoms with Gasteiger partial charge in [0, 0.05) is 44.2 Å². The molecule has 0 saturated heterocycles. The summed E-state index contributed by atoms with van der Waals surface area (Å²) in [5.74, 6) is -0.268. The lowest BCUT2D eigenvalue weighted by molar-refractivity contribution is -0.256. The number of nitrogens with one attached hydrogen (secondary N) is 1. The second kappa shape index (κ2) is 19.8. The van der Waals surface area contributed by atoms with Gasteiger partial charge in [0.15, 0.2) is 11.5 Å². The van der Waals surface area contributed by atoms with E-state index in [4.69, 9.17) is 44.9 Å². The Morgan fingerprint density at radius 1 is 1.07 bits per heavy atom. The molecule has 0 radical (unpaired) electrons. The van der Waals surface area contributed by atoms with Gasteiger partial charge < -0.3 is 48.8 Å². The zero-order valence-corrected chi connectivity index (χ0v) is 33.4. The number of benzene rings is 2. The van der Waals surface area contributed by atoms with Crippen molar-refractivity contribution in [1.29, 1.82) is 0 Å². The molecule has 2 aromatic rings. The van der Waals surface area contributed by atoms with Crippen LogP contribution in [0.3, 0.4) is 0 Å². The van der Waals surface area contributed by atoms with E-state index in [2.05, 4.69) is 23.1 Å². The van der Waals surface area contributed by atoms with E-state index in [1.807, 2.05) is 31.2 Å². The van der Waals surface area contributed by atoms with Crippen molar-refractivity contribution >= 4 is 29.5 Å². The highest BCUT2D eigenvalue weighted by molar-refractivity contribution is 6.18. The zero-order chi connectivity index (χ0) is 40.4. The Morgan fingerprint density at radius 2 is 1.84 bits per heavy atom. The third-order valence-corrected chi connectivity index (χ3v) is 11.2. The molecular formula is C42H54ClN3O11. The molecule has 6 atom stereocenters. The van der Waals surface area contributed by atoms with E-state index in [1.54, 1.807) is 23.1 Å². The molecular weight excluding hydrogens is 758 g/mol. The number of aliphatic hydroxyl groups excluding tert-OH is 2. The molecule has 6 rings (SSSR count). The van der Waals surface area contributed by atoms with Crippen LogP contribution in [0.2, 0.25) is 0 Å². The number of aliphatic hydroxyl groups is 2. The normalized spacial score (nSPS) is 24.7. The molecule has 2 aliphatic carbocycles. The fourth-order valence-corrected chi connectivity index (χ4v) is 8.93. The molecule has 2 aliphatic heterocycles. The number of rotatable bonds is 19. The summed E-state index contributed by atoms with van der Waals surface area (Å²) < 4.78 is 37.0. The van der Waals surface area contributed by atoms with Gasteiger partial charge in [0.2, 0.25) is 12.6 Å². The fourth-order valence-electron chi connectivity index (χ4n) is 8.86. The Hall–Kier alpha value is -4.50. The number of oxime groups is 1. The van der Waals surface area contributed by atoms with Gasteiger partial charge in [-0.3, -0.25) is 4.90 Å². The van der Waals surface area contributed by atoms with Crippen molar-refractivity contribution in [3.63, 3.8) is 0 Å². The van der Waals surface area contributed by atoms with Gasteiger partial charge >= 0.3 is 12.2 Å². The third kappa shape index (κ3) is 9.14. The lowest BCUT2D eigenvalue weighted by atomic mass is 9.55. The maximum Gasteiger partial charge on any atom is 0.412 e. The SMILES string of the molecule is C=CCOC12Oc3ccc(OC(=O)NCC)cc3C3C(CCCCO)C(CCCCO)C=C(C(=NOC)CC1N(Cc1ccc4c(c1)OCO4)C(=O)OCCCl)C32. The number of alkyl halides is 1. The van der Waals surface area contributed by atoms with Gasteiger partial charge in [-0.1, -0.05) is 36.2 Å². The van der Waals surface area contributed by atoms with Gasteiger partial charge in [0.1, 0.15) is 31.3 Å². The Bertz CT molecular complexity index is 1790. The smallest absolute Gasteiger partial charge is 0.412 e. The van der Waals surface area contributed by atoms with E-state index in [9.17, 15) is 19.8 Å². The van der Waals surface area contributed by atoms with Crippen molar-refractivity contribution in [2.24, 2.45) is 22.9 Å². The Kier molecular flexibility index (Phi) is 14.6. The first-order valence-corrected chi connectivity index (χ1v) is 20.3. The quantitative estimate of drug-likeness (QED) is 0.0601. The fraction of sp³-hybridized carbons (Fsp3) is 0.548. The van der Waals surface area contributed by atoms with Crippen molar-refractivity contribution in [3.05, 3.63) is 71.8 Å². The molecule has 310 valence electrons. The topological polar surface area (TPSA) is 167 Å². The maximum atomic E-state index is 14.4. The molecule has 1 fully saturated rings. The summed E-state index contributed by atoms with van der Waals surface area (Å²) in [4.78, 5) is 34.2. The monoisotopic (exact) mass is 811 g/mol. The number of hydrogen-bond acceptors (Lipinski definition) is 12. The van der Waals surface area contributed by atoms with Crippen LogP contribution in [0.15, 0.2) is 65.9 Å². The van der Waals surface area contributed by atoms with Crippen LogP contribution >= 0.6 is 11.6 Å². The summed E-state index contributed by atoms with van der Waals surface area (Å²) in [5, 5.41) is 27.0. The minimum atomic E-state index is -1.52. The Balaban J connectivity index is 1.57. The van der Waals surface area contributed by atoms with Gasteiger partial charge in [-0.15, -0.1) is 18.2 Å². The molecule has 0 aromatic heterocycles. The molecule has 0 bridgehead atoms. The molecule has 1 saturated carbocycles. The standard InChI is InChI=1S/C42H54ClN3O11/c1-4-19-55-42-37(46(41(50)52-20-16-43)25-27-12-14-35-36(21-27)54-26-53-35)24-33(45-51-3)31-22-28(10-6-8-17-47)30(11-7-9-18-48)38(39(31)42)32-23-29(13-15-34(32)57-42)56-40(49)44-5-2/h4,12-15,21-23,28,30,37-39,47-48H,1,5-11,16-20,24-26H2,2-3H3,(H,44,49). The minimum Gasteiger partial charge on any atom is -0.459 e. The molecule has 15 heteroatoms. The van der Waals surface area contributed by atoms with Gasteiger partial charge in [-0.25, -0.2) is 9.59 Å². The van der Waals surface area contributed by atoms with Crippen LogP contribution in [0.25, 0.3) is 0 Å². The van der Waals surface area contributed by atoms with E-state index in [0.29, 0.717) is 48.1 Å². The van der Waals surface area contributed by atoms with Gasteiger partial charge in [0.25, 0.3) is 0 Å². The number of fused-ring (bicyclic) bond motifs is 3. The van der Waals surface area contributed by atoms with Crippen LogP contribution < -0.4 is 24.3 Å². The summed E-state index contributed by atoms with van der Waals surface area (Å²) in [7, 11) is 1.49. The molecule has 4 aliphatic rings. The first-order valence-electron chi connectivity index (χ1n) is 19.8. The number of ether oxygens (including phenoxy) is 6. The number of halogens is 1. The van der Waals surface area contributed by atoms with Crippen molar-refractivity contribution in [1.82, 2.24) is 10.2 Å². The van der Waals surface area contributed by atoms with Crippen LogP contribution in [-0.4, -0.2) is 97.6 Å². The summed E-state index contributed by atoms with van der Waals surface area (Å²) in [5.41, 5.74) is 3.06. The van der Waals surface area contributed by atoms with Crippen molar-refractivity contribution < 1.29 is 53.1 Å². The predicted molar refractivity (Wildman–Crippen MR) is 212 cm³/mol. The first-order chi connectivity index (χ1) is 27.8. The minimum absolute atomic E-state index is 0.0221. The predicted octanol–water partition coefficient (Wildman–Crippen LogP) is 6.66. The third-order valence-electron chi connectivity index (χ3n) is 11.1. The average Bonchev–Trinajstić information content (AvgIpc) is 3.68. The lowest BCUT2D eigenvalue weighted by Gasteiger charge is -2.59. The van der Waals surface area contributed by atoms with E-state index in [-0.39, 0.29) is 69.8 Å². The van der Waals surface area contributed by atoms with Crippen molar-refractivity contribution in [2.45, 2.75) is 76.2 Å². The van der Waals surface area contributed by atoms with E-state index < -0.39 is 29.9 Å².